The van der Waals surface area contributed by atoms with Crippen molar-refractivity contribution in [1.82, 2.24) is 0 Å². The second-order valence-corrected chi connectivity index (χ2v) is 3.93. The van der Waals surface area contributed by atoms with Crippen LogP contribution in [0.3, 0.4) is 0 Å². The molecule has 0 aromatic heterocycles. The highest BCUT2D eigenvalue weighted by atomic mass is 31.2. The van der Waals surface area contributed by atoms with Crippen molar-refractivity contribution in [3.8, 4) is 12.3 Å². The van der Waals surface area contributed by atoms with Crippen molar-refractivity contribution >= 4 is 7.82 Å². The summed E-state index contributed by atoms with van der Waals surface area (Å²) in [6.45, 7) is -0.0340. The second-order valence-electron chi connectivity index (χ2n) is 2.69. The number of hydrogen-bond acceptors (Lipinski definition) is 2. The average molecular weight is 176 g/mol. The highest BCUT2D eigenvalue weighted by Gasteiger charge is 2.42. The maximum atomic E-state index is 10.2. The first kappa shape index (κ1) is 8.76. The molecule has 0 unspecified atom stereocenters. The Balaban J connectivity index is 2.35. The van der Waals surface area contributed by atoms with E-state index in [1.807, 2.05) is 0 Å². The Hall–Kier alpha value is -0.330. The minimum Gasteiger partial charge on any atom is -0.303 e. The molecule has 5 heteroatoms. The van der Waals surface area contributed by atoms with Crippen molar-refractivity contribution in [2.45, 2.75) is 12.8 Å². The van der Waals surface area contributed by atoms with E-state index in [1.165, 1.54) is 0 Å². The molecule has 0 amide bonds. The molecule has 0 aromatic carbocycles. The molecule has 0 aromatic rings. The second kappa shape index (κ2) is 2.62. The zero-order valence-corrected chi connectivity index (χ0v) is 6.75. The van der Waals surface area contributed by atoms with E-state index in [-0.39, 0.29) is 12.0 Å². The van der Waals surface area contributed by atoms with E-state index in [2.05, 4.69) is 10.4 Å². The molecule has 11 heavy (non-hydrogen) atoms. The minimum absolute atomic E-state index is 0.0340. The monoisotopic (exact) mass is 176 g/mol. The molecule has 0 heterocycles. The fourth-order valence-corrected chi connectivity index (χ4v) is 1.10. The molecule has 1 aliphatic rings. The molecular formula is C6H9O4P. The summed E-state index contributed by atoms with van der Waals surface area (Å²) in [7, 11) is -4.33. The number of phosphoric acid groups is 1. The van der Waals surface area contributed by atoms with Crippen molar-refractivity contribution in [2.24, 2.45) is 5.41 Å². The molecular weight excluding hydrogens is 167 g/mol. The van der Waals surface area contributed by atoms with Gasteiger partial charge in [0.15, 0.2) is 0 Å². The van der Waals surface area contributed by atoms with Gasteiger partial charge in [-0.25, -0.2) is 4.57 Å². The van der Waals surface area contributed by atoms with Gasteiger partial charge in [-0.3, -0.25) is 4.52 Å². The van der Waals surface area contributed by atoms with Crippen LogP contribution in [0, 0.1) is 17.8 Å². The van der Waals surface area contributed by atoms with Crippen LogP contribution in [0.25, 0.3) is 0 Å². The Bertz CT molecular complexity index is 231. The standard InChI is InChI=1S/C6H9O4P/c1-2-6(3-4-6)5-10-11(7,8)9/h1H,3-5H2,(H2,7,8,9). The lowest BCUT2D eigenvalue weighted by Crippen LogP contribution is -2.06. The molecule has 1 aliphatic carbocycles. The maximum Gasteiger partial charge on any atom is 0.469 e. The first-order valence-corrected chi connectivity index (χ1v) is 4.68. The zero-order chi connectivity index (χ0) is 8.54. The number of terminal acetylenes is 1. The largest absolute Gasteiger partial charge is 0.469 e. The number of phosphoric ester groups is 1. The summed E-state index contributed by atoms with van der Waals surface area (Å²) >= 11 is 0. The smallest absolute Gasteiger partial charge is 0.303 e. The third-order valence-electron chi connectivity index (χ3n) is 1.67. The van der Waals surface area contributed by atoms with Gasteiger partial charge in [0.25, 0.3) is 0 Å². The Morgan fingerprint density at radius 1 is 1.64 bits per heavy atom. The Morgan fingerprint density at radius 2 is 2.18 bits per heavy atom. The SMILES string of the molecule is C#CC1(COP(=O)(O)O)CC1. The van der Waals surface area contributed by atoms with Crippen LogP contribution in [0.5, 0.6) is 0 Å². The van der Waals surface area contributed by atoms with Crippen LogP contribution in [0.4, 0.5) is 0 Å². The van der Waals surface area contributed by atoms with Crippen LogP contribution < -0.4 is 0 Å². The normalized spacial score (nSPS) is 20.8. The quantitative estimate of drug-likeness (QED) is 0.485. The Labute approximate surface area is 64.8 Å². The Kier molecular flexibility index (Phi) is 2.08. The topological polar surface area (TPSA) is 66.8 Å². The molecule has 4 nitrogen and oxygen atoms in total. The molecule has 0 aliphatic heterocycles. The zero-order valence-electron chi connectivity index (χ0n) is 5.86. The molecule has 0 bridgehead atoms. The van der Waals surface area contributed by atoms with Crippen LogP contribution >= 0.6 is 7.82 Å². The van der Waals surface area contributed by atoms with Crippen molar-refractivity contribution in [2.75, 3.05) is 6.61 Å². The first-order valence-electron chi connectivity index (χ1n) is 3.15. The fraction of sp³-hybridized carbons (Fsp3) is 0.667. The highest BCUT2D eigenvalue weighted by molar-refractivity contribution is 7.46. The third kappa shape index (κ3) is 2.64. The van der Waals surface area contributed by atoms with Gasteiger partial charge in [0, 0.05) is 0 Å². The van der Waals surface area contributed by atoms with Crippen LogP contribution in [0.2, 0.25) is 0 Å². The highest BCUT2D eigenvalue weighted by Crippen LogP contribution is 2.49. The molecule has 0 radical (unpaired) electrons. The molecule has 0 spiro atoms. The summed E-state index contributed by atoms with van der Waals surface area (Å²) in [5, 5.41) is 0. The van der Waals surface area contributed by atoms with Crippen molar-refractivity contribution in [1.29, 1.82) is 0 Å². The van der Waals surface area contributed by atoms with Crippen molar-refractivity contribution < 1.29 is 18.9 Å². The van der Waals surface area contributed by atoms with Gasteiger partial charge in [0.1, 0.15) is 0 Å². The van der Waals surface area contributed by atoms with Crippen LogP contribution in [-0.4, -0.2) is 16.4 Å². The summed E-state index contributed by atoms with van der Waals surface area (Å²) in [5.41, 5.74) is -0.388. The van der Waals surface area contributed by atoms with Crippen molar-refractivity contribution in [3.63, 3.8) is 0 Å². The summed E-state index contributed by atoms with van der Waals surface area (Å²) < 4.78 is 14.5. The van der Waals surface area contributed by atoms with Gasteiger partial charge in [-0.1, -0.05) is 5.92 Å². The molecule has 1 fully saturated rings. The first-order chi connectivity index (χ1) is 4.97. The lowest BCUT2D eigenvalue weighted by molar-refractivity contribution is 0.176. The van der Waals surface area contributed by atoms with E-state index in [0.29, 0.717) is 0 Å². The third-order valence-corrected chi connectivity index (χ3v) is 2.13. The van der Waals surface area contributed by atoms with Crippen LogP contribution in [0.15, 0.2) is 0 Å². The lowest BCUT2D eigenvalue weighted by atomic mass is 10.1. The van der Waals surface area contributed by atoms with E-state index >= 15 is 0 Å². The van der Waals surface area contributed by atoms with Crippen LogP contribution in [-0.2, 0) is 9.09 Å². The van der Waals surface area contributed by atoms with Crippen molar-refractivity contribution in [3.05, 3.63) is 0 Å². The minimum atomic E-state index is -4.33. The summed E-state index contributed by atoms with van der Waals surface area (Å²) in [5.74, 6) is 2.46. The van der Waals surface area contributed by atoms with Gasteiger partial charge in [-0.2, -0.15) is 0 Å². The number of rotatable bonds is 3. The predicted octanol–water partition coefficient (Wildman–Crippen LogP) is 0.509. The molecule has 0 saturated heterocycles. The molecule has 1 rings (SSSR count). The Morgan fingerprint density at radius 3 is 2.45 bits per heavy atom. The van der Waals surface area contributed by atoms with Crippen LogP contribution in [0.1, 0.15) is 12.8 Å². The summed E-state index contributed by atoms with van der Waals surface area (Å²) in [6.07, 6.45) is 6.71. The summed E-state index contributed by atoms with van der Waals surface area (Å²) in [4.78, 5) is 16.6. The van der Waals surface area contributed by atoms with Gasteiger partial charge < -0.3 is 9.79 Å². The van der Waals surface area contributed by atoms with Gasteiger partial charge in [0.05, 0.1) is 12.0 Å². The molecule has 0 atom stereocenters. The maximum absolute atomic E-state index is 10.2. The molecule has 2 N–H and O–H groups in total. The van der Waals surface area contributed by atoms with Gasteiger partial charge in [-0.05, 0) is 12.8 Å². The fourth-order valence-electron chi connectivity index (χ4n) is 0.689. The molecule has 1 saturated carbocycles. The van der Waals surface area contributed by atoms with Gasteiger partial charge >= 0.3 is 7.82 Å². The average Bonchev–Trinajstić information content (AvgIpc) is 2.63. The van der Waals surface area contributed by atoms with E-state index in [4.69, 9.17) is 16.2 Å². The van der Waals surface area contributed by atoms with Gasteiger partial charge in [0.2, 0.25) is 0 Å². The van der Waals surface area contributed by atoms with E-state index < -0.39 is 7.82 Å². The lowest BCUT2D eigenvalue weighted by Gasteiger charge is -2.08. The molecule has 62 valence electrons. The van der Waals surface area contributed by atoms with E-state index in [0.717, 1.165) is 12.8 Å². The van der Waals surface area contributed by atoms with E-state index in [1.54, 1.807) is 0 Å². The summed E-state index contributed by atoms with van der Waals surface area (Å²) in [6, 6.07) is 0. The van der Waals surface area contributed by atoms with Gasteiger partial charge in [-0.15, -0.1) is 6.42 Å². The number of hydrogen-bond donors (Lipinski definition) is 2. The predicted molar refractivity (Wildman–Crippen MR) is 38.5 cm³/mol. The van der Waals surface area contributed by atoms with E-state index in [9.17, 15) is 4.57 Å².